The number of amides is 1. The van der Waals surface area contributed by atoms with Crippen molar-refractivity contribution in [1.29, 1.82) is 0 Å². The van der Waals surface area contributed by atoms with Gasteiger partial charge in [0.1, 0.15) is 17.5 Å². The summed E-state index contributed by atoms with van der Waals surface area (Å²) in [6.07, 6.45) is 3.45. The molecule has 4 rings (SSSR count). The van der Waals surface area contributed by atoms with Crippen molar-refractivity contribution in [2.24, 2.45) is 0 Å². The third-order valence-electron chi connectivity index (χ3n) is 6.33. The van der Waals surface area contributed by atoms with Gasteiger partial charge in [0, 0.05) is 63.7 Å². The van der Waals surface area contributed by atoms with Gasteiger partial charge in [-0.1, -0.05) is 32.7 Å². The predicted octanol–water partition coefficient (Wildman–Crippen LogP) is 4.71. The molecule has 0 bridgehead atoms. The molecular formula is C25H29F3N6OPY-. The number of anilines is 1. The van der Waals surface area contributed by atoms with Crippen molar-refractivity contribution >= 4 is 36.0 Å². The zero-order chi connectivity index (χ0) is 26.0. The van der Waals surface area contributed by atoms with Gasteiger partial charge in [-0.05, 0) is 32.2 Å². The van der Waals surface area contributed by atoms with Crippen LogP contribution in [0.25, 0.3) is 16.2 Å². The summed E-state index contributed by atoms with van der Waals surface area (Å²) in [5, 5.41) is 7.45. The number of hydrogen-bond donors (Lipinski definition) is 1. The minimum Gasteiger partial charge on any atom is -0.660 e. The molecule has 0 saturated carbocycles. The van der Waals surface area contributed by atoms with Crippen LogP contribution in [0.4, 0.5) is 19.0 Å². The number of likely N-dealkylation sites (N-methyl/N-ethyl adjacent to an activating group) is 1. The first kappa shape index (κ1) is 29.8. The van der Waals surface area contributed by atoms with Crippen molar-refractivity contribution in [2.75, 3.05) is 44.3 Å². The average Bonchev–Trinajstić information content (AvgIpc) is 2.83. The van der Waals surface area contributed by atoms with E-state index in [1.165, 1.54) is 19.2 Å². The molecule has 1 fully saturated rings. The van der Waals surface area contributed by atoms with Crippen LogP contribution in [0.1, 0.15) is 36.8 Å². The number of alkyl halides is 2. The summed E-state index contributed by atoms with van der Waals surface area (Å²) in [5.74, 6) is -3.26. The van der Waals surface area contributed by atoms with Crippen molar-refractivity contribution in [1.82, 2.24) is 19.9 Å². The number of carbonyl (C=O) groups is 1. The van der Waals surface area contributed by atoms with Gasteiger partial charge < -0.3 is 15.5 Å². The van der Waals surface area contributed by atoms with E-state index in [-0.39, 0.29) is 44.2 Å². The molecule has 7 nitrogen and oxygen atoms in total. The van der Waals surface area contributed by atoms with Gasteiger partial charge >= 0.3 is 0 Å². The van der Waals surface area contributed by atoms with Gasteiger partial charge in [0.15, 0.2) is 0 Å². The molecule has 1 aliphatic rings. The van der Waals surface area contributed by atoms with Gasteiger partial charge in [-0.3, -0.25) is 9.78 Å². The molecule has 1 N–H and O–H groups in total. The maximum Gasteiger partial charge on any atom is 0.257 e. The van der Waals surface area contributed by atoms with Crippen LogP contribution in [0, 0.1) is 12.7 Å². The monoisotopic (exact) mass is 606 g/mol. The summed E-state index contributed by atoms with van der Waals surface area (Å²) < 4.78 is 44.1. The van der Waals surface area contributed by atoms with Crippen molar-refractivity contribution in [3.8, 4) is 0 Å². The second-order valence-corrected chi connectivity index (χ2v) is 11.4. The predicted molar refractivity (Wildman–Crippen MR) is 137 cm³/mol. The van der Waals surface area contributed by atoms with Crippen LogP contribution in [0.15, 0.2) is 30.5 Å². The number of benzene rings is 1. The topological polar surface area (TPSA) is 85.1 Å². The second kappa shape index (κ2) is 12.4. The van der Waals surface area contributed by atoms with Gasteiger partial charge in [-0.25, -0.2) is 23.1 Å². The van der Waals surface area contributed by atoms with Crippen LogP contribution in [0.5, 0.6) is 0 Å². The Bertz CT molecular complexity index is 1270. The Morgan fingerprint density at radius 1 is 1.27 bits per heavy atom. The van der Waals surface area contributed by atoms with E-state index in [4.69, 9.17) is 0 Å². The molecule has 0 unspecified atom stereocenters. The van der Waals surface area contributed by atoms with E-state index in [0.29, 0.717) is 30.2 Å². The SMILES string of the molecule is C[N-]CC(F)(F)c1cccc([C@@H](C)Nc2nc(C)nc3cnc(P4CCN(C(C)=O)CC4)cc23)c1F.[Y]. The molecule has 12 heteroatoms. The fourth-order valence-corrected chi connectivity index (χ4v) is 6.58. The van der Waals surface area contributed by atoms with Crippen LogP contribution in [-0.4, -0.2) is 64.8 Å². The van der Waals surface area contributed by atoms with Crippen LogP contribution in [0.2, 0.25) is 0 Å². The molecule has 0 spiro atoms. The third kappa shape index (κ3) is 6.64. The number of carbonyl (C=O) groups excluding carboxylic acids is 1. The Morgan fingerprint density at radius 2 is 1.97 bits per heavy atom. The van der Waals surface area contributed by atoms with Gasteiger partial charge in [0.2, 0.25) is 5.91 Å². The third-order valence-corrected chi connectivity index (χ3v) is 8.70. The Kier molecular flexibility index (Phi) is 10.0. The van der Waals surface area contributed by atoms with Gasteiger partial charge in [0.25, 0.3) is 5.92 Å². The maximum atomic E-state index is 15.2. The van der Waals surface area contributed by atoms with E-state index in [0.717, 1.165) is 29.2 Å². The first-order valence-corrected chi connectivity index (χ1v) is 13.5. The van der Waals surface area contributed by atoms with E-state index < -0.39 is 37.8 Å². The molecule has 1 aliphatic heterocycles. The largest absolute Gasteiger partial charge is 0.660 e. The van der Waals surface area contributed by atoms with Crippen LogP contribution < -0.4 is 10.8 Å². The molecule has 3 heterocycles. The summed E-state index contributed by atoms with van der Waals surface area (Å²) in [4.78, 5) is 27.2. The minimum atomic E-state index is -3.40. The minimum absolute atomic E-state index is 0. The quantitative estimate of drug-likeness (QED) is 0.394. The second-order valence-electron chi connectivity index (χ2n) is 8.93. The standard InChI is InChI=1S/C25H29F3N6OP.Y/c1-15(18-6-5-7-20(23(18)26)25(27,28)14-29-4)31-24-19-12-22(30-13-21(19)32-16(2)33-24)36-10-8-34(9-11-36)17(3)35;/h5-7,12-13,15H,8-11,14H2,1-4H3,(H,31,32,33);/q-1;/t15-;/m1./s1. The summed E-state index contributed by atoms with van der Waals surface area (Å²) in [7, 11) is 0.735. The number of pyridine rings is 1. The Morgan fingerprint density at radius 3 is 2.62 bits per heavy atom. The van der Waals surface area contributed by atoms with Gasteiger partial charge in [-0.2, -0.15) is 7.05 Å². The van der Waals surface area contributed by atoms with Crippen LogP contribution in [0.3, 0.4) is 0 Å². The molecule has 1 saturated heterocycles. The number of aryl methyl sites for hydroxylation is 1. The molecule has 2 aromatic heterocycles. The van der Waals surface area contributed by atoms with Crippen LogP contribution in [-0.2, 0) is 43.4 Å². The molecule has 1 radical (unpaired) electrons. The molecule has 0 aliphatic carbocycles. The summed E-state index contributed by atoms with van der Waals surface area (Å²) in [6.45, 7) is 5.67. The van der Waals surface area contributed by atoms with Crippen molar-refractivity contribution in [3.05, 3.63) is 58.5 Å². The van der Waals surface area contributed by atoms with Crippen molar-refractivity contribution < 1.29 is 50.7 Å². The fraction of sp³-hybridized carbons (Fsp3) is 0.440. The number of nitrogens with zero attached hydrogens (tertiary/aromatic N) is 5. The van der Waals surface area contributed by atoms with Gasteiger partial charge in [0.05, 0.1) is 28.8 Å². The van der Waals surface area contributed by atoms with Crippen molar-refractivity contribution in [2.45, 2.75) is 32.7 Å². The van der Waals surface area contributed by atoms with Crippen LogP contribution >= 0.6 is 7.92 Å². The summed E-state index contributed by atoms with van der Waals surface area (Å²) in [5.41, 5.74) is 1.03. The first-order valence-electron chi connectivity index (χ1n) is 11.7. The normalized spacial score (nSPS) is 15.4. The van der Waals surface area contributed by atoms with E-state index >= 15 is 4.39 Å². The first-order chi connectivity index (χ1) is 17.1. The molecular weight excluding hydrogens is 577 g/mol. The van der Waals surface area contributed by atoms with E-state index in [9.17, 15) is 13.6 Å². The maximum absolute atomic E-state index is 15.2. The van der Waals surface area contributed by atoms with E-state index in [2.05, 4.69) is 25.6 Å². The number of hydrogen-bond acceptors (Lipinski definition) is 5. The summed E-state index contributed by atoms with van der Waals surface area (Å²) in [6, 6.07) is 5.33. The molecule has 195 valence electrons. The molecule has 37 heavy (non-hydrogen) atoms. The number of halogens is 3. The number of rotatable bonds is 7. The Hall–Kier alpha value is -1.74. The summed E-state index contributed by atoms with van der Waals surface area (Å²) >= 11 is 0. The number of fused-ring (bicyclic) bond motifs is 1. The Labute approximate surface area is 241 Å². The molecule has 1 atom stereocenters. The zero-order valence-corrected chi connectivity index (χ0v) is 25.0. The molecule has 1 aromatic carbocycles. The number of nitrogens with one attached hydrogen (secondary N) is 1. The van der Waals surface area contributed by atoms with Crippen molar-refractivity contribution in [3.63, 3.8) is 0 Å². The molecule has 3 aromatic rings. The van der Waals surface area contributed by atoms with E-state index in [1.807, 2.05) is 11.0 Å². The zero-order valence-electron chi connectivity index (χ0n) is 21.3. The van der Waals surface area contributed by atoms with Gasteiger partial charge in [-0.15, -0.1) is 0 Å². The smallest absolute Gasteiger partial charge is 0.257 e. The average molecular weight is 606 g/mol. The Balaban J connectivity index is 0.00000380. The fourth-order valence-electron chi connectivity index (χ4n) is 4.40. The number of aromatic nitrogens is 3. The van der Waals surface area contributed by atoms with E-state index in [1.54, 1.807) is 27.0 Å². The molecule has 1 amide bonds.